The molecule has 0 spiro atoms. The van der Waals surface area contributed by atoms with Gasteiger partial charge in [-0.2, -0.15) is 0 Å². The summed E-state index contributed by atoms with van der Waals surface area (Å²) in [5.74, 6) is 0. The number of ether oxygens (including phenoxy) is 14. The van der Waals surface area contributed by atoms with Crippen LogP contribution >= 0.6 is 0 Å². The van der Waals surface area contributed by atoms with Crippen molar-refractivity contribution in [3.63, 3.8) is 0 Å². The summed E-state index contributed by atoms with van der Waals surface area (Å²) in [7, 11) is 0. The molecule has 35 heteroatoms. The summed E-state index contributed by atoms with van der Waals surface area (Å²) in [6.07, 6.45) is -64.2. The van der Waals surface area contributed by atoms with Crippen LogP contribution in [0.1, 0.15) is 25.7 Å². The number of aliphatic hydroxyl groups is 21. The van der Waals surface area contributed by atoms with Gasteiger partial charge in [0.05, 0.1) is 46.2 Å². The quantitative estimate of drug-likeness (QED) is 0.113. The second-order valence-electron chi connectivity index (χ2n) is 21.1. The molecule has 0 aromatic heterocycles. The van der Waals surface area contributed by atoms with E-state index in [-0.39, 0.29) is 0 Å². The molecule has 22 aliphatic rings. The normalized spacial score (nSPS) is 53.8. The molecule has 22 rings (SSSR count). The van der Waals surface area contributed by atoms with Crippen molar-refractivity contribution in [3.05, 3.63) is 0 Å². The predicted octanol–water partition coefficient (Wildman–Crippen LogP) is -13.7. The maximum Gasteiger partial charge on any atom is 0.187 e. The molecule has 35 nitrogen and oxygen atoms in total. The molecule has 472 valence electrons. The van der Waals surface area contributed by atoms with Gasteiger partial charge in [-0.3, -0.25) is 0 Å². The molecule has 0 aromatic carbocycles. The maximum absolute atomic E-state index is 11.3. The summed E-state index contributed by atoms with van der Waals surface area (Å²) in [5, 5.41) is 230. The minimum atomic E-state index is -2.21. The van der Waals surface area contributed by atoms with Gasteiger partial charge in [0.1, 0.15) is 171 Å². The third-order valence-electron chi connectivity index (χ3n) is 15.8. The Balaban J connectivity index is 0.00000206. The second kappa shape index (κ2) is 28.6. The second-order valence-corrected chi connectivity index (χ2v) is 21.1. The largest absolute Gasteiger partial charge is 0.394 e. The highest BCUT2D eigenvalue weighted by molar-refractivity contribution is 5.01. The fraction of sp³-hybridized carbons (Fsp3) is 1.00. The fourth-order valence-corrected chi connectivity index (χ4v) is 10.7. The molecule has 14 unspecified atom stereocenters. The zero-order valence-corrected chi connectivity index (χ0v) is 43.1. The van der Waals surface area contributed by atoms with Gasteiger partial charge in [0.15, 0.2) is 44.0 Å². The maximum atomic E-state index is 11.3. The highest BCUT2D eigenvalue weighted by atomic mass is 16.8. The van der Waals surface area contributed by atoms with E-state index < -0.39 is 261 Å². The summed E-state index contributed by atoms with van der Waals surface area (Å²) < 4.78 is 79.5. The highest BCUT2D eigenvalue weighted by Crippen LogP contribution is 2.39. The standard InChI is InChI=1S/C42H70O35.C4H8/c43-1-8-29-15(50)22(57)36(64-8)72-30-9(2-44)66-38(24(59)17(30)52)74-32-11(4-46)68-40(26(61)19(32)54)76-34-13(6-48)70-42(28(63)21(34)56)77-35-14(7-49)69-41(27(62)20(35)55)75-33-12(5-47)67-39(25(60)18(33)53)73-31-10(3-45)65-37(71-29)23(58)16(31)51;1-2-4-3-1/h8-63H,1-7H2;1-4H2/t8?,9?,10?,11?,12?,13?,14?,15-,16-,17-,18-,19-,20-,21+,22?,23?,24?,25?,26?,27?,28?,29-,30-,31-,32-,33-,34-,35-,36-,37-,38-,39+,40+,41+,42+;/m1./s1. The lowest BCUT2D eigenvalue weighted by Gasteiger charge is -2.50. The molecule has 21 saturated heterocycles. The molecule has 1 aliphatic carbocycles. The van der Waals surface area contributed by atoms with Crippen LogP contribution in [0.4, 0.5) is 0 Å². The van der Waals surface area contributed by atoms with Gasteiger partial charge in [0.2, 0.25) is 0 Å². The number of aliphatic hydroxyl groups excluding tert-OH is 21. The van der Waals surface area contributed by atoms with Crippen LogP contribution in [0.5, 0.6) is 0 Å². The molecule has 0 radical (unpaired) electrons. The van der Waals surface area contributed by atoms with E-state index in [9.17, 15) is 107 Å². The average molecular weight is 1190 g/mol. The van der Waals surface area contributed by atoms with E-state index in [0.717, 1.165) is 0 Å². The van der Waals surface area contributed by atoms with Gasteiger partial charge in [0, 0.05) is 0 Å². The molecule has 81 heavy (non-hydrogen) atoms. The first-order valence-electron chi connectivity index (χ1n) is 26.6. The minimum absolute atomic E-state index is 1.05. The predicted molar refractivity (Wildman–Crippen MR) is 247 cm³/mol. The number of hydrogen-bond acceptors (Lipinski definition) is 35. The van der Waals surface area contributed by atoms with Gasteiger partial charge in [0.25, 0.3) is 0 Å². The van der Waals surface area contributed by atoms with Gasteiger partial charge in [-0.05, 0) is 0 Å². The van der Waals surface area contributed by atoms with Crippen molar-refractivity contribution in [2.45, 2.75) is 241 Å². The Morgan fingerprint density at radius 1 is 0.173 bits per heavy atom. The van der Waals surface area contributed by atoms with Crippen LogP contribution < -0.4 is 0 Å². The van der Waals surface area contributed by atoms with E-state index in [4.69, 9.17) is 66.3 Å². The number of hydrogen-bond donors (Lipinski definition) is 21. The van der Waals surface area contributed by atoms with Crippen molar-refractivity contribution in [2.75, 3.05) is 46.2 Å². The first kappa shape index (κ1) is 65.6. The minimum Gasteiger partial charge on any atom is -0.394 e. The van der Waals surface area contributed by atoms with Crippen molar-refractivity contribution in [1.29, 1.82) is 0 Å². The van der Waals surface area contributed by atoms with Crippen LogP contribution in [-0.4, -0.2) is 368 Å². The van der Waals surface area contributed by atoms with Gasteiger partial charge < -0.3 is 174 Å². The molecule has 21 N–H and O–H groups in total. The zero-order chi connectivity index (χ0) is 58.9. The third kappa shape index (κ3) is 13.5. The molecule has 1 saturated carbocycles. The van der Waals surface area contributed by atoms with E-state index in [1.165, 1.54) is 25.7 Å². The Kier molecular flexibility index (Phi) is 23.2. The lowest BCUT2D eigenvalue weighted by atomic mass is 9.95. The zero-order valence-electron chi connectivity index (χ0n) is 43.1. The van der Waals surface area contributed by atoms with Crippen LogP contribution in [-0.2, 0) is 66.3 Å². The van der Waals surface area contributed by atoms with E-state index in [2.05, 4.69) is 0 Å². The Bertz CT molecular complexity index is 1530. The highest BCUT2D eigenvalue weighted by Gasteiger charge is 2.59. The summed E-state index contributed by atoms with van der Waals surface area (Å²) in [6, 6.07) is 0. The molecule has 0 aromatic rings. The van der Waals surface area contributed by atoms with Crippen molar-refractivity contribution in [1.82, 2.24) is 0 Å². The topological polar surface area (TPSA) is 554 Å². The Labute approximate surface area is 459 Å². The molecule has 21 heterocycles. The van der Waals surface area contributed by atoms with Crippen molar-refractivity contribution < 1.29 is 174 Å². The Hall–Kier alpha value is -1.40. The lowest BCUT2D eigenvalue weighted by molar-refractivity contribution is -0.396. The summed E-state index contributed by atoms with van der Waals surface area (Å²) >= 11 is 0. The monoisotopic (exact) mass is 1190 g/mol. The van der Waals surface area contributed by atoms with Crippen LogP contribution in [0.15, 0.2) is 0 Å². The Morgan fingerprint density at radius 2 is 0.284 bits per heavy atom. The lowest BCUT2D eigenvalue weighted by Crippen LogP contribution is -2.68. The Morgan fingerprint density at radius 3 is 0.370 bits per heavy atom. The van der Waals surface area contributed by atoms with Crippen molar-refractivity contribution in [2.24, 2.45) is 0 Å². The van der Waals surface area contributed by atoms with E-state index >= 15 is 0 Å². The van der Waals surface area contributed by atoms with Gasteiger partial charge in [-0.1, -0.05) is 25.7 Å². The van der Waals surface area contributed by atoms with Crippen LogP contribution in [0.25, 0.3) is 0 Å². The summed E-state index contributed by atoms with van der Waals surface area (Å²) in [6.45, 7) is -7.33. The van der Waals surface area contributed by atoms with Gasteiger partial charge >= 0.3 is 0 Å². The van der Waals surface area contributed by atoms with Crippen LogP contribution in [0, 0.1) is 0 Å². The van der Waals surface area contributed by atoms with Crippen molar-refractivity contribution in [3.8, 4) is 0 Å². The van der Waals surface area contributed by atoms with E-state index in [1.54, 1.807) is 0 Å². The molecule has 35 atom stereocenters. The molecular formula is C46H78O35. The fourth-order valence-electron chi connectivity index (χ4n) is 10.7. The van der Waals surface area contributed by atoms with Crippen molar-refractivity contribution >= 4 is 0 Å². The summed E-state index contributed by atoms with van der Waals surface area (Å²) in [4.78, 5) is 0. The average Bonchev–Trinajstić information content (AvgIpc) is 3.52. The number of rotatable bonds is 7. The third-order valence-corrected chi connectivity index (χ3v) is 15.8. The van der Waals surface area contributed by atoms with E-state index in [0.29, 0.717) is 0 Å². The van der Waals surface area contributed by atoms with Crippen LogP contribution in [0.2, 0.25) is 0 Å². The molecule has 14 bridgehead atoms. The molecular weight excluding hydrogens is 1110 g/mol. The molecule has 0 amide bonds. The van der Waals surface area contributed by atoms with Gasteiger partial charge in [-0.15, -0.1) is 0 Å². The van der Waals surface area contributed by atoms with E-state index in [1.807, 2.05) is 0 Å². The SMILES string of the molecule is C1CCC1.OCC1O[C@@H]2O[C@@H]3C(CO)O[C@H](O[C@@H]4C(CO)O[C@@H](O[C@@H]5C(CO)O[C@@H](O[C@@H]6C(CO)O[C@@H](O[C@@H]7C(CO)O[C@@H](O[C@@H]8C(CO)O[C@H](O[C@H]1[C@H](O)C2O)C(O)[C@H]8O)C(O)[C@H]7O)C(O)[C@H]6O)C(O)[C@@H]5O)C(O)[C@H]4O)C(O)[C@H]3O. The van der Waals surface area contributed by atoms with Crippen LogP contribution in [0.3, 0.4) is 0 Å². The summed E-state index contributed by atoms with van der Waals surface area (Å²) in [5.41, 5.74) is 0. The first-order valence-corrected chi connectivity index (χ1v) is 26.6. The smallest absolute Gasteiger partial charge is 0.187 e. The molecule has 21 aliphatic heterocycles. The molecule has 22 fully saturated rings. The first-order chi connectivity index (χ1) is 38.7. The van der Waals surface area contributed by atoms with Gasteiger partial charge in [-0.25, -0.2) is 0 Å².